The van der Waals surface area contributed by atoms with E-state index in [-0.39, 0.29) is 29.8 Å². The van der Waals surface area contributed by atoms with Gasteiger partial charge in [0.1, 0.15) is 0 Å². The second kappa shape index (κ2) is 8.21. The Labute approximate surface area is 126 Å². The van der Waals surface area contributed by atoms with Crippen LogP contribution in [0.5, 0.6) is 0 Å². The Morgan fingerprint density at radius 2 is 1.75 bits per heavy atom. The highest BCUT2D eigenvalue weighted by molar-refractivity contribution is 7.89. The molecule has 114 valence electrons. The summed E-state index contributed by atoms with van der Waals surface area (Å²) in [5.41, 5.74) is 0.849. The summed E-state index contributed by atoms with van der Waals surface area (Å²) in [5, 5.41) is 5.47. The van der Waals surface area contributed by atoms with E-state index in [0.29, 0.717) is 6.54 Å². The molecule has 6 nitrogen and oxygen atoms in total. The molecular formula is C12H20ClN3O3S. The van der Waals surface area contributed by atoms with Crippen molar-refractivity contribution in [3.05, 3.63) is 29.8 Å². The highest BCUT2D eigenvalue weighted by Crippen LogP contribution is 2.13. The summed E-state index contributed by atoms with van der Waals surface area (Å²) in [6.45, 7) is 0.635. The smallest absolute Gasteiger partial charge is 0.242 e. The van der Waals surface area contributed by atoms with Crippen molar-refractivity contribution in [3.63, 3.8) is 0 Å². The van der Waals surface area contributed by atoms with E-state index in [2.05, 4.69) is 10.6 Å². The summed E-state index contributed by atoms with van der Waals surface area (Å²) in [7, 11) is 1.27. The normalized spacial score (nSPS) is 11.0. The van der Waals surface area contributed by atoms with E-state index < -0.39 is 10.0 Å². The van der Waals surface area contributed by atoms with E-state index in [1.165, 1.54) is 26.2 Å². The van der Waals surface area contributed by atoms with Crippen LogP contribution in [0, 0.1) is 0 Å². The summed E-state index contributed by atoms with van der Waals surface area (Å²) in [4.78, 5) is 11.5. The summed E-state index contributed by atoms with van der Waals surface area (Å²) in [5.74, 6) is -0.104. The Morgan fingerprint density at radius 1 is 1.20 bits per heavy atom. The van der Waals surface area contributed by atoms with Crippen molar-refractivity contribution in [1.82, 2.24) is 14.9 Å². The minimum Gasteiger partial charge on any atom is -0.351 e. The zero-order valence-electron chi connectivity index (χ0n) is 11.7. The number of carbonyl (C=O) groups excluding carboxylic acids is 1. The van der Waals surface area contributed by atoms with Gasteiger partial charge in [-0.2, -0.15) is 0 Å². The van der Waals surface area contributed by atoms with Gasteiger partial charge >= 0.3 is 0 Å². The van der Waals surface area contributed by atoms with Crippen LogP contribution in [0.15, 0.2) is 29.2 Å². The number of carbonyl (C=O) groups is 1. The fourth-order valence-electron chi connectivity index (χ4n) is 1.41. The molecule has 1 aromatic carbocycles. The molecule has 0 bridgehead atoms. The van der Waals surface area contributed by atoms with Crippen LogP contribution in [0.1, 0.15) is 5.56 Å². The summed E-state index contributed by atoms with van der Waals surface area (Å²) in [6.07, 6.45) is 0. The van der Waals surface area contributed by atoms with Crippen LogP contribution >= 0.6 is 12.4 Å². The lowest BCUT2D eigenvalue weighted by atomic mass is 10.2. The van der Waals surface area contributed by atoms with Crippen molar-refractivity contribution in [2.24, 2.45) is 0 Å². The second-order valence-electron chi connectivity index (χ2n) is 4.24. The second-order valence-corrected chi connectivity index (χ2v) is 6.39. The van der Waals surface area contributed by atoms with Crippen LogP contribution in [0.2, 0.25) is 0 Å². The van der Waals surface area contributed by atoms with E-state index in [1.807, 2.05) is 0 Å². The number of benzene rings is 1. The standard InChI is InChI=1S/C12H19N3O3S.ClH/c1-13-9-12(16)14-8-10-4-6-11(7-5-10)19(17,18)15(2)3;/h4-7,13H,8-9H2,1-3H3,(H,14,16);1H. The quantitative estimate of drug-likeness (QED) is 0.784. The van der Waals surface area contributed by atoms with E-state index in [1.54, 1.807) is 19.2 Å². The maximum Gasteiger partial charge on any atom is 0.242 e. The van der Waals surface area contributed by atoms with Crippen LogP contribution in [-0.2, 0) is 21.4 Å². The highest BCUT2D eigenvalue weighted by atomic mass is 35.5. The maximum absolute atomic E-state index is 11.8. The van der Waals surface area contributed by atoms with Gasteiger partial charge in [-0.1, -0.05) is 12.1 Å². The molecule has 0 spiro atoms. The number of hydrogen-bond donors (Lipinski definition) is 2. The molecule has 2 N–H and O–H groups in total. The molecule has 0 saturated carbocycles. The van der Waals surface area contributed by atoms with Crippen LogP contribution in [0.25, 0.3) is 0 Å². The molecular weight excluding hydrogens is 302 g/mol. The Bertz CT molecular complexity index is 529. The zero-order valence-corrected chi connectivity index (χ0v) is 13.3. The fraction of sp³-hybridized carbons (Fsp3) is 0.417. The first kappa shape index (κ1) is 18.9. The summed E-state index contributed by atoms with van der Waals surface area (Å²) >= 11 is 0. The van der Waals surface area contributed by atoms with Gasteiger partial charge < -0.3 is 10.6 Å². The molecule has 1 amide bonds. The molecule has 0 heterocycles. The van der Waals surface area contributed by atoms with Gasteiger partial charge in [-0.25, -0.2) is 12.7 Å². The van der Waals surface area contributed by atoms with Crippen molar-refractivity contribution in [2.45, 2.75) is 11.4 Å². The van der Waals surface area contributed by atoms with Gasteiger partial charge in [0.05, 0.1) is 11.4 Å². The average Bonchev–Trinajstić information content (AvgIpc) is 2.37. The first-order valence-electron chi connectivity index (χ1n) is 5.80. The van der Waals surface area contributed by atoms with E-state index in [4.69, 9.17) is 0 Å². The third-order valence-corrected chi connectivity index (χ3v) is 4.36. The Kier molecular flexibility index (Phi) is 7.74. The lowest BCUT2D eigenvalue weighted by Crippen LogP contribution is -2.31. The molecule has 20 heavy (non-hydrogen) atoms. The van der Waals surface area contributed by atoms with Crippen molar-refractivity contribution < 1.29 is 13.2 Å². The molecule has 0 aromatic heterocycles. The lowest BCUT2D eigenvalue weighted by Gasteiger charge is -2.11. The number of rotatable bonds is 6. The number of likely N-dealkylation sites (N-methyl/N-ethyl adjacent to an activating group) is 1. The van der Waals surface area contributed by atoms with Crippen molar-refractivity contribution in [2.75, 3.05) is 27.7 Å². The lowest BCUT2D eigenvalue weighted by molar-refractivity contribution is -0.120. The summed E-state index contributed by atoms with van der Waals surface area (Å²) in [6, 6.07) is 6.45. The van der Waals surface area contributed by atoms with E-state index in [0.717, 1.165) is 9.87 Å². The molecule has 0 aliphatic rings. The van der Waals surface area contributed by atoms with Gasteiger partial charge in [0.2, 0.25) is 15.9 Å². The minimum absolute atomic E-state index is 0. The molecule has 0 unspecified atom stereocenters. The number of amides is 1. The van der Waals surface area contributed by atoms with Crippen LogP contribution in [0.3, 0.4) is 0 Å². The highest BCUT2D eigenvalue weighted by Gasteiger charge is 2.16. The van der Waals surface area contributed by atoms with Gasteiger partial charge in [0.15, 0.2) is 0 Å². The van der Waals surface area contributed by atoms with Gasteiger partial charge in [-0.3, -0.25) is 4.79 Å². The number of nitrogens with zero attached hydrogens (tertiary/aromatic N) is 1. The monoisotopic (exact) mass is 321 g/mol. The van der Waals surface area contributed by atoms with E-state index >= 15 is 0 Å². The maximum atomic E-state index is 11.8. The molecule has 1 rings (SSSR count). The van der Waals surface area contributed by atoms with Crippen molar-refractivity contribution in [3.8, 4) is 0 Å². The third-order valence-electron chi connectivity index (χ3n) is 2.53. The largest absolute Gasteiger partial charge is 0.351 e. The number of hydrogen-bond acceptors (Lipinski definition) is 4. The third kappa shape index (κ3) is 5.09. The predicted molar refractivity (Wildman–Crippen MR) is 80.3 cm³/mol. The Balaban J connectivity index is 0.00000361. The van der Waals surface area contributed by atoms with Gasteiger partial charge in [-0.05, 0) is 24.7 Å². The van der Waals surface area contributed by atoms with Gasteiger partial charge in [0.25, 0.3) is 0 Å². The summed E-state index contributed by atoms with van der Waals surface area (Å²) < 4.78 is 24.8. The predicted octanol–water partition coefficient (Wildman–Crippen LogP) is 0.194. The SMILES string of the molecule is CNCC(=O)NCc1ccc(S(=O)(=O)N(C)C)cc1.Cl. The van der Waals surface area contributed by atoms with Crippen molar-refractivity contribution in [1.29, 1.82) is 0 Å². The fourth-order valence-corrected chi connectivity index (χ4v) is 2.32. The first-order chi connectivity index (χ1) is 8.87. The van der Waals surface area contributed by atoms with Crippen LogP contribution in [-0.4, -0.2) is 46.3 Å². The number of sulfonamides is 1. The molecule has 0 atom stereocenters. The topological polar surface area (TPSA) is 78.5 Å². The average molecular weight is 322 g/mol. The van der Waals surface area contributed by atoms with Gasteiger partial charge in [0, 0.05) is 20.6 Å². The molecule has 1 aromatic rings. The van der Waals surface area contributed by atoms with Crippen molar-refractivity contribution >= 4 is 28.3 Å². The molecule has 0 aliphatic carbocycles. The van der Waals surface area contributed by atoms with Crippen LogP contribution in [0.4, 0.5) is 0 Å². The molecule has 0 radical (unpaired) electrons. The Hall–Kier alpha value is -1.15. The van der Waals surface area contributed by atoms with Gasteiger partial charge in [-0.15, -0.1) is 12.4 Å². The zero-order chi connectivity index (χ0) is 14.5. The minimum atomic E-state index is -3.40. The molecule has 0 fully saturated rings. The van der Waals surface area contributed by atoms with E-state index in [9.17, 15) is 13.2 Å². The molecule has 0 saturated heterocycles. The number of nitrogens with one attached hydrogen (secondary N) is 2. The molecule has 8 heteroatoms. The first-order valence-corrected chi connectivity index (χ1v) is 7.24. The number of halogens is 1. The van der Waals surface area contributed by atoms with Crippen LogP contribution < -0.4 is 10.6 Å². The Morgan fingerprint density at radius 3 is 2.20 bits per heavy atom. The molecule has 0 aliphatic heterocycles.